The van der Waals surface area contributed by atoms with Crippen molar-refractivity contribution in [2.24, 2.45) is 23.7 Å². The summed E-state index contributed by atoms with van der Waals surface area (Å²) in [5.74, 6) is -4.26. The molecule has 6 heteroatoms. The third kappa shape index (κ3) is 6.18. The van der Waals surface area contributed by atoms with E-state index in [9.17, 15) is 19.5 Å². The van der Waals surface area contributed by atoms with Gasteiger partial charge in [-0.2, -0.15) is 0 Å². The quantitative estimate of drug-likeness (QED) is 0.474. The van der Waals surface area contributed by atoms with Gasteiger partial charge in [0, 0.05) is 12.3 Å². The van der Waals surface area contributed by atoms with E-state index in [1.165, 1.54) is 6.92 Å². The Balaban J connectivity index is 2.54. The van der Waals surface area contributed by atoms with Gasteiger partial charge in [0.1, 0.15) is 5.92 Å². The van der Waals surface area contributed by atoms with Gasteiger partial charge in [0.25, 0.3) is 0 Å². The molecule has 0 radical (unpaired) electrons. The van der Waals surface area contributed by atoms with Crippen LogP contribution in [0.2, 0.25) is 0 Å². The molecule has 1 aromatic rings. The molecular weight excluding hydrogens is 408 g/mol. The lowest BCUT2D eigenvalue weighted by atomic mass is 9.61. The Hall–Kier alpha value is -2.21. The molecule has 1 N–H and O–H groups in total. The van der Waals surface area contributed by atoms with Crippen LogP contribution in [0.3, 0.4) is 0 Å². The number of hydrogen-bond acceptors (Lipinski definition) is 6. The monoisotopic (exact) mass is 446 g/mol. The standard InChI is InChI=1S/C26H38O6/c1-15(2)13-31-24(28)22-20(27)12-26(7,30)23(25(29)32-14-16(3)4)21(22)19-10-8-18(9-11-19)17(5)6/h8-11,15-17,21-23,30H,12-14H2,1-7H3/t21-,22-,23-,26+/m1/s1. The van der Waals surface area contributed by atoms with Gasteiger partial charge < -0.3 is 14.6 Å². The summed E-state index contributed by atoms with van der Waals surface area (Å²) in [6.45, 7) is 13.7. The second-order valence-corrected chi connectivity index (χ2v) is 10.4. The summed E-state index contributed by atoms with van der Waals surface area (Å²) in [5.41, 5.74) is 0.0997. The first-order chi connectivity index (χ1) is 14.8. The maximum atomic E-state index is 13.2. The highest BCUT2D eigenvalue weighted by Gasteiger charge is 2.57. The summed E-state index contributed by atoms with van der Waals surface area (Å²) in [7, 11) is 0. The van der Waals surface area contributed by atoms with Crippen molar-refractivity contribution < 1.29 is 29.0 Å². The molecule has 0 unspecified atom stereocenters. The average Bonchev–Trinajstić information content (AvgIpc) is 2.69. The van der Waals surface area contributed by atoms with Gasteiger partial charge in [-0.05, 0) is 35.8 Å². The van der Waals surface area contributed by atoms with Gasteiger partial charge in [-0.3, -0.25) is 14.4 Å². The number of aliphatic hydroxyl groups is 1. The highest BCUT2D eigenvalue weighted by atomic mass is 16.5. The Morgan fingerprint density at radius 1 is 0.969 bits per heavy atom. The topological polar surface area (TPSA) is 89.9 Å². The highest BCUT2D eigenvalue weighted by Crippen LogP contribution is 2.47. The van der Waals surface area contributed by atoms with Gasteiger partial charge in [0.15, 0.2) is 5.78 Å². The Bertz CT molecular complexity index is 806. The summed E-state index contributed by atoms with van der Waals surface area (Å²) in [5, 5.41) is 11.2. The first-order valence-corrected chi connectivity index (χ1v) is 11.5. The number of ether oxygens (including phenoxy) is 2. The van der Waals surface area contributed by atoms with E-state index in [4.69, 9.17) is 9.47 Å². The molecule has 0 spiro atoms. The Labute approximate surface area is 191 Å². The maximum absolute atomic E-state index is 13.2. The van der Waals surface area contributed by atoms with Crippen LogP contribution in [-0.2, 0) is 23.9 Å². The van der Waals surface area contributed by atoms with Crippen molar-refractivity contribution in [3.63, 3.8) is 0 Å². The SMILES string of the molecule is CC(C)COC(=O)[C@@H]1C(=O)C[C@](C)(O)[C@@H](C(=O)OCC(C)C)[C@@H]1c1ccc(C(C)C)cc1. The number of carbonyl (C=O) groups is 3. The first kappa shape index (κ1) is 26.0. The van der Waals surface area contributed by atoms with Crippen molar-refractivity contribution in [2.45, 2.75) is 72.3 Å². The second-order valence-electron chi connectivity index (χ2n) is 10.4. The third-order valence-electron chi connectivity index (χ3n) is 5.88. The Morgan fingerprint density at radius 3 is 1.94 bits per heavy atom. The molecule has 6 nitrogen and oxygen atoms in total. The minimum absolute atomic E-state index is 0.108. The number of ketones is 1. The van der Waals surface area contributed by atoms with E-state index in [1.54, 1.807) is 0 Å². The number of carbonyl (C=O) groups excluding carboxylic acids is 3. The van der Waals surface area contributed by atoms with Crippen LogP contribution in [-0.4, -0.2) is 41.6 Å². The molecule has 4 atom stereocenters. The van der Waals surface area contributed by atoms with E-state index in [0.717, 1.165) is 5.56 Å². The zero-order chi connectivity index (χ0) is 24.2. The molecule has 0 aliphatic heterocycles. The Morgan fingerprint density at radius 2 is 1.47 bits per heavy atom. The van der Waals surface area contributed by atoms with E-state index in [2.05, 4.69) is 13.8 Å². The van der Waals surface area contributed by atoms with Crippen molar-refractivity contribution >= 4 is 17.7 Å². The van der Waals surface area contributed by atoms with Crippen LogP contribution in [0.1, 0.15) is 77.8 Å². The predicted octanol–water partition coefficient (Wildman–Crippen LogP) is 4.25. The largest absolute Gasteiger partial charge is 0.465 e. The van der Waals surface area contributed by atoms with Crippen molar-refractivity contribution in [1.29, 1.82) is 0 Å². The van der Waals surface area contributed by atoms with Crippen LogP contribution in [0.15, 0.2) is 24.3 Å². The molecule has 1 aliphatic carbocycles. The zero-order valence-corrected chi connectivity index (χ0v) is 20.4. The van der Waals surface area contributed by atoms with Crippen LogP contribution in [0.25, 0.3) is 0 Å². The van der Waals surface area contributed by atoms with Gasteiger partial charge in [-0.25, -0.2) is 0 Å². The Kier molecular flexibility index (Phi) is 8.63. The second kappa shape index (κ2) is 10.6. The first-order valence-electron chi connectivity index (χ1n) is 11.5. The number of esters is 2. The van der Waals surface area contributed by atoms with Gasteiger partial charge in [0.05, 0.1) is 24.7 Å². The lowest BCUT2D eigenvalue weighted by Crippen LogP contribution is -2.55. The van der Waals surface area contributed by atoms with E-state index < -0.39 is 41.1 Å². The fraction of sp³-hybridized carbons (Fsp3) is 0.654. The molecule has 1 saturated carbocycles. The predicted molar refractivity (Wildman–Crippen MR) is 122 cm³/mol. The molecule has 1 aromatic carbocycles. The summed E-state index contributed by atoms with van der Waals surface area (Å²) in [4.78, 5) is 39.3. The lowest BCUT2D eigenvalue weighted by molar-refractivity contribution is -0.173. The number of benzene rings is 1. The van der Waals surface area contributed by atoms with Crippen LogP contribution >= 0.6 is 0 Å². The summed E-state index contributed by atoms with van der Waals surface area (Å²) in [6, 6.07) is 7.53. The molecular formula is C26H38O6. The van der Waals surface area contributed by atoms with E-state index in [1.807, 2.05) is 52.0 Å². The van der Waals surface area contributed by atoms with Crippen molar-refractivity contribution in [2.75, 3.05) is 13.2 Å². The molecule has 1 fully saturated rings. The van der Waals surface area contributed by atoms with Gasteiger partial charge in [0.2, 0.25) is 0 Å². The van der Waals surface area contributed by atoms with Crippen molar-refractivity contribution in [3.8, 4) is 0 Å². The molecule has 1 aliphatic rings. The van der Waals surface area contributed by atoms with E-state index in [-0.39, 0.29) is 31.5 Å². The average molecular weight is 447 g/mol. The molecule has 178 valence electrons. The normalized spacial score (nSPS) is 26.0. The van der Waals surface area contributed by atoms with Crippen molar-refractivity contribution in [3.05, 3.63) is 35.4 Å². The number of Topliss-reactive ketones (excluding diaryl/α,β-unsaturated/α-hetero) is 1. The molecule has 0 amide bonds. The lowest BCUT2D eigenvalue weighted by Gasteiger charge is -2.43. The molecule has 0 saturated heterocycles. The van der Waals surface area contributed by atoms with Gasteiger partial charge in [-0.1, -0.05) is 65.8 Å². The number of rotatable bonds is 8. The highest BCUT2D eigenvalue weighted by molar-refractivity contribution is 6.02. The van der Waals surface area contributed by atoms with Crippen LogP contribution in [0, 0.1) is 23.7 Å². The van der Waals surface area contributed by atoms with Gasteiger partial charge in [-0.15, -0.1) is 0 Å². The van der Waals surface area contributed by atoms with Gasteiger partial charge >= 0.3 is 11.9 Å². The van der Waals surface area contributed by atoms with Crippen LogP contribution in [0.5, 0.6) is 0 Å². The molecule has 32 heavy (non-hydrogen) atoms. The zero-order valence-electron chi connectivity index (χ0n) is 20.4. The fourth-order valence-electron chi connectivity index (χ4n) is 4.20. The van der Waals surface area contributed by atoms with E-state index in [0.29, 0.717) is 11.5 Å². The third-order valence-corrected chi connectivity index (χ3v) is 5.88. The summed E-state index contributed by atoms with van der Waals surface area (Å²) in [6.07, 6.45) is -0.309. The summed E-state index contributed by atoms with van der Waals surface area (Å²) >= 11 is 0. The van der Waals surface area contributed by atoms with Crippen LogP contribution < -0.4 is 0 Å². The minimum Gasteiger partial charge on any atom is -0.465 e. The molecule has 0 bridgehead atoms. The maximum Gasteiger partial charge on any atom is 0.317 e. The van der Waals surface area contributed by atoms with E-state index >= 15 is 0 Å². The minimum atomic E-state index is -1.64. The molecule has 0 aromatic heterocycles. The molecule has 0 heterocycles. The van der Waals surface area contributed by atoms with Crippen molar-refractivity contribution in [1.82, 2.24) is 0 Å². The molecule has 2 rings (SSSR count). The number of hydrogen-bond donors (Lipinski definition) is 1. The fourth-order valence-corrected chi connectivity index (χ4v) is 4.20. The summed E-state index contributed by atoms with van der Waals surface area (Å²) < 4.78 is 10.9. The van der Waals surface area contributed by atoms with Crippen LogP contribution in [0.4, 0.5) is 0 Å². The smallest absolute Gasteiger partial charge is 0.317 e.